The summed E-state index contributed by atoms with van der Waals surface area (Å²) in [6.45, 7) is 4.50. The molecule has 0 heterocycles. The van der Waals surface area contributed by atoms with Crippen molar-refractivity contribution >= 4 is 12.0 Å². The molecule has 0 radical (unpaired) electrons. The van der Waals surface area contributed by atoms with E-state index in [-0.39, 0.29) is 18.5 Å². The van der Waals surface area contributed by atoms with Gasteiger partial charge in [-0.15, -0.1) is 0 Å². The van der Waals surface area contributed by atoms with E-state index in [4.69, 9.17) is 5.11 Å². The Labute approximate surface area is 126 Å². The summed E-state index contributed by atoms with van der Waals surface area (Å²) in [5.74, 6) is 0.514. The number of hydrogen-bond donors (Lipinski definition) is 3. The zero-order chi connectivity index (χ0) is 15.5. The molecule has 5 nitrogen and oxygen atoms in total. The van der Waals surface area contributed by atoms with Crippen LogP contribution in [-0.4, -0.2) is 28.7 Å². The quantitative estimate of drug-likeness (QED) is 0.746. The monoisotopic (exact) mass is 296 g/mol. The third-order valence-corrected chi connectivity index (χ3v) is 5.36. The summed E-state index contributed by atoms with van der Waals surface area (Å²) in [6, 6.07) is 0.0318. The van der Waals surface area contributed by atoms with E-state index < -0.39 is 11.5 Å². The van der Waals surface area contributed by atoms with E-state index in [0.29, 0.717) is 5.92 Å². The summed E-state index contributed by atoms with van der Waals surface area (Å²) in [5, 5.41) is 15.1. The average molecular weight is 296 g/mol. The molecule has 2 fully saturated rings. The maximum atomic E-state index is 12.2. The van der Waals surface area contributed by atoms with Crippen LogP contribution in [0.2, 0.25) is 0 Å². The van der Waals surface area contributed by atoms with Crippen molar-refractivity contribution in [1.82, 2.24) is 10.6 Å². The molecule has 0 bridgehead atoms. The number of carbonyl (C=O) groups is 2. The van der Waals surface area contributed by atoms with Crippen LogP contribution in [0.1, 0.15) is 65.2 Å². The van der Waals surface area contributed by atoms with Crippen molar-refractivity contribution in [1.29, 1.82) is 0 Å². The number of amides is 2. The Morgan fingerprint density at radius 3 is 2.38 bits per heavy atom. The van der Waals surface area contributed by atoms with Crippen molar-refractivity contribution in [2.45, 2.75) is 76.8 Å². The van der Waals surface area contributed by atoms with Crippen LogP contribution < -0.4 is 10.6 Å². The molecule has 2 amide bonds. The molecule has 3 N–H and O–H groups in total. The van der Waals surface area contributed by atoms with Crippen LogP contribution in [0.5, 0.6) is 0 Å². The first-order chi connectivity index (χ1) is 9.90. The second-order valence-electron chi connectivity index (χ2n) is 7.12. The first-order valence-corrected chi connectivity index (χ1v) is 8.21. The predicted octanol–water partition coefficient (Wildman–Crippen LogP) is 2.90. The maximum absolute atomic E-state index is 12.2. The fourth-order valence-electron chi connectivity index (χ4n) is 3.83. The van der Waals surface area contributed by atoms with Crippen molar-refractivity contribution in [2.24, 2.45) is 11.8 Å². The normalized spacial score (nSPS) is 31.6. The molecule has 2 aliphatic carbocycles. The topological polar surface area (TPSA) is 78.4 Å². The van der Waals surface area contributed by atoms with Gasteiger partial charge in [0.25, 0.3) is 0 Å². The van der Waals surface area contributed by atoms with Crippen molar-refractivity contribution in [3.8, 4) is 0 Å². The molecule has 5 heteroatoms. The number of carboxylic acids is 1. The summed E-state index contributed by atoms with van der Waals surface area (Å²) in [5.41, 5.74) is -0.538. The number of hydrogen-bond acceptors (Lipinski definition) is 2. The van der Waals surface area contributed by atoms with Gasteiger partial charge in [-0.25, -0.2) is 4.79 Å². The van der Waals surface area contributed by atoms with E-state index in [1.54, 1.807) is 0 Å². The molecule has 0 aromatic heterocycles. The zero-order valence-electron chi connectivity index (χ0n) is 13.2. The Kier molecular flexibility index (Phi) is 5.12. The first kappa shape index (κ1) is 16.1. The number of carbonyl (C=O) groups excluding carboxylic acids is 1. The van der Waals surface area contributed by atoms with Gasteiger partial charge in [-0.1, -0.05) is 26.7 Å². The predicted molar refractivity (Wildman–Crippen MR) is 81.1 cm³/mol. The summed E-state index contributed by atoms with van der Waals surface area (Å²) < 4.78 is 0. The average Bonchev–Trinajstić information content (AvgIpc) is 2.80. The lowest BCUT2D eigenvalue weighted by molar-refractivity contribution is -0.138. The van der Waals surface area contributed by atoms with Crippen molar-refractivity contribution < 1.29 is 14.7 Å². The molecule has 0 saturated heterocycles. The van der Waals surface area contributed by atoms with E-state index in [1.165, 1.54) is 0 Å². The fourth-order valence-corrected chi connectivity index (χ4v) is 3.83. The molecule has 3 unspecified atom stereocenters. The lowest BCUT2D eigenvalue weighted by atomic mass is 9.79. The van der Waals surface area contributed by atoms with Gasteiger partial charge in [0.2, 0.25) is 0 Å². The second kappa shape index (κ2) is 6.67. The molecule has 21 heavy (non-hydrogen) atoms. The minimum atomic E-state index is -0.836. The Morgan fingerprint density at radius 2 is 1.81 bits per heavy atom. The zero-order valence-corrected chi connectivity index (χ0v) is 13.2. The van der Waals surface area contributed by atoms with E-state index in [9.17, 15) is 9.59 Å². The number of aliphatic carboxylic acids is 1. The molecule has 0 aromatic carbocycles. The summed E-state index contributed by atoms with van der Waals surface area (Å²) in [6.07, 6.45) is 6.73. The summed E-state index contributed by atoms with van der Waals surface area (Å²) >= 11 is 0. The van der Waals surface area contributed by atoms with Crippen molar-refractivity contribution in [3.05, 3.63) is 0 Å². The molecular formula is C16H28N2O3. The van der Waals surface area contributed by atoms with Crippen LogP contribution in [0.15, 0.2) is 0 Å². The number of nitrogens with one attached hydrogen (secondary N) is 2. The molecule has 0 aromatic rings. The highest BCUT2D eigenvalue weighted by Gasteiger charge is 2.38. The maximum Gasteiger partial charge on any atom is 0.315 e. The number of urea groups is 1. The van der Waals surface area contributed by atoms with Gasteiger partial charge in [0, 0.05) is 6.04 Å². The summed E-state index contributed by atoms with van der Waals surface area (Å²) in [7, 11) is 0. The van der Waals surface area contributed by atoms with Gasteiger partial charge < -0.3 is 15.7 Å². The molecular weight excluding hydrogens is 268 g/mol. The van der Waals surface area contributed by atoms with Gasteiger partial charge in [0.15, 0.2) is 0 Å². The fraction of sp³-hybridized carbons (Fsp3) is 0.875. The van der Waals surface area contributed by atoms with Crippen LogP contribution in [0, 0.1) is 11.8 Å². The Bertz CT molecular complexity index is 391. The van der Waals surface area contributed by atoms with E-state index >= 15 is 0 Å². The SMILES string of the molecule is CC1CCC(NC(=O)NC2(CC(=O)O)CCCC2)CC1C. The van der Waals surface area contributed by atoms with Gasteiger partial charge in [-0.05, 0) is 43.9 Å². The van der Waals surface area contributed by atoms with E-state index in [1.807, 2.05) is 0 Å². The van der Waals surface area contributed by atoms with Crippen LogP contribution in [-0.2, 0) is 4.79 Å². The number of rotatable bonds is 4. The standard InChI is InChI=1S/C16H28N2O3/c1-11-5-6-13(9-12(11)2)17-15(21)18-16(10-14(19)20)7-3-4-8-16/h11-13H,3-10H2,1-2H3,(H,19,20)(H2,17,18,21). The molecule has 2 saturated carbocycles. The van der Waals surface area contributed by atoms with Gasteiger partial charge in [-0.3, -0.25) is 4.79 Å². The lowest BCUT2D eigenvalue weighted by Gasteiger charge is -2.34. The highest BCUT2D eigenvalue weighted by molar-refractivity contribution is 5.77. The summed E-state index contributed by atoms with van der Waals surface area (Å²) in [4.78, 5) is 23.3. The molecule has 3 atom stereocenters. The van der Waals surface area contributed by atoms with Crippen molar-refractivity contribution in [2.75, 3.05) is 0 Å². The molecule has 2 rings (SSSR count). The van der Waals surface area contributed by atoms with Crippen LogP contribution in [0.4, 0.5) is 4.79 Å². The molecule has 0 spiro atoms. The van der Waals surface area contributed by atoms with E-state index in [0.717, 1.165) is 50.9 Å². The molecule has 2 aliphatic rings. The first-order valence-electron chi connectivity index (χ1n) is 8.21. The highest BCUT2D eigenvalue weighted by Crippen LogP contribution is 2.33. The largest absolute Gasteiger partial charge is 0.481 e. The lowest BCUT2D eigenvalue weighted by Crippen LogP contribution is -2.54. The Morgan fingerprint density at radius 1 is 1.14 bits per heavy atom. The van der Waals surface area contributed by atoms with Gasteiger partial charge in [0.1, 0.15) is 0 Å². The van der Waals surface area contributed by atoms with Crippen LogP contribution in [0.3, 0.4) is 0 Å². The number of carboxylic acid groups (broad SMARTS) is 1. The van der Waals surface area contributed by atoms with Gasteiger partial charge in [0.05, 0.1) is 12.0 Å². The Hall–Kier alpha value is -1.26. The smallest absolute Gasteiger partial charge is 0.315 e. The van der Waals surface area contributed by atoms with Crippen molar-refractivity contribution in [3.63, 3.8) is 0 Å². The third-order valence-electron chi connectivity index (χ3n) is 5.36. The molecule has 120 valence electrons. The van der Waals surface area contributed by atoms with E-state index in [2.05, 4.69) is 24.5 Å². The minimum Gasteiger partial charge on any atom is -0.481 e. The third kappa shape index (κ3) is 4.35. The highest BCUT2D eigenvalue weighted by atomic mass is 16.4. The minimum absolute atomic E-state index is 0.0263. The van der Waals surface area contributed by atoms with Gasteiger partial charge >= 0.3 is 12.0 Å². The second-order valence-corrected chi connectivity index (χ2v) is 7.12. The molecule has 0 aliphatic heterocycles. The Balaban J connectivity index is 1.86. The van der Waals surface area contributed by atoms with Gasteiger partial charge in [-0.2, -0.15) is 0 Å². The van der Waals surface area contributed by atoms with Crippen LogP contribution >= 0.6 is 0 Å². The van der Waals surface area contributed by atoms with Crippen LogP contribution in [0.25, 0.3) is 0 Å².